The molecule has 0 bridgehead atoms. The van der Waals surface area contributed by atoms with Gasteiger partial charge in [-0.3, -0.25) is 19.0 Å². The number of fused-ring (bicyclic) bond motifs is 1. The summed E-state index contributed by atoms with van der Waals surface area (Å²) in [7, 11) is 0. The van der Waals surface area contributed by atoms with Crippen LogP contribution in [0.4, 0.5) is 5.69 Å². The van der Waals surface area contributed by atoms with E-state index in [9.17, 15) is 14.4 Å². The third kappa shape index (κ3) is 4.97. The van der Waals surface area contributed by atoms with E-state index in [1.807, 2.05) is 18.2 Å². The molecular weight excluding hydrogens is 398 g/mol. The first-order valence-electron chi connectivity index (χ1n) is 9.98. The molecule has 0 fully saturated rings. The van der Waals surface area contributed by atoms with Gasteiger partial charge in [0.15, 0.2) is 10.9 Å². The largest absolute Gasteiger partial charge is 0.325 e. The van der Waals surface area contributed by atoms with E-state index in [0.29, 0.717) is 33.9 Å². The number of carbonyl (C=O) groups is 2. The standard InChI is InChI=1S/C23H25N3O3S/c1-4-5-14-26-22(29)19-8-6-7-9-20(19)25-23(26)30-16(3)21(28)24-18-12-10-17(11-13-18)15(2)27/h6-13,16H,4-5,14H2,1-3H3,(H,24,28)/t16-/m0/s1. The normalized spacial score (nSPS) is 12.0. The first kappa shape index (κ1) is 21.8. The Labute approximate surface area is 179 Å². The van der Waals surface area contributed by atoms with Crippen LogP contribution in [0.2, 0.25) is 0 Å². The number of benzene rings is 2. The summed E-state index contributed by atoms with van der Waals surface area (Å²) in [6, 6.07) is 14.0. The molecule has 1 heterocycles. The van der Waals surface area contributed by atoms with Crippen LogP contribution < -0.4 is 10.9 Å². The van der Waals surface area contributed by atoms with Gasteiger partial charge in [-0.15, -0.1) is 0 Å². The van der Waals surface area contributed by atoms with Crippen LogP contribution in [0, 0.1) is 0 Å². The van der Waals surface area contributed by atoms with Gasteiger partial charge in [0.1, 0.15) is 0 Å². The highest BCUT2D eigenvalue weighted by molar-refractivity contribution is 8.00. The summed E-state index contributed by atoms with van der Waals surface area (Å²) in [4.78, 5) is 41.7. The number of hydrogen-bond donors (Lipinski definition) is 1. The number of rotatable bonds is 8. The molecule has 1 aromatic heterocycles. The number of Topliss-reactive ketones (excluding diaryl/α,β-unsaturated/α-hetero) is 1. The smallest absolute Gasteiger partial charge is 0.262 e. The Hall–Kier alpha value is -2.93. The molecule has 2 aromatic carbocycles. The molecule has 0 aliphatic carbocycles. The fourth-order valence-electron chi connectivity index (χ4n) is 2.99. The number of para-hydroxylation sites is 1. The van der Waals surface area contributed by atoms with Crippen molar-refractivity contribution in [1.29, 1.82) is 0 Å². The molecule has 3 aromatic rings. The predicted octanol–water partition coefficient (Wildman–Crippen LogP) is 4.52. The van der Waals surface area contributed by atoms with Crippen molar-refractivity contribution in [2.75, 3.05) is 5.32 Å². The quantitative estimate of drug-likeness (QED) is 0.327. The van der Waals surface area contributed by atoms with Crippen LogP contribution in [0.25, 0.3) is 10.9 Å². The molecule has 1 N–H and O–H groups in total. The Kier molecular flexibility index (Phi) is 7.05. The highest BCUT2D eigenvalue weighted by Gasteiger charge is 2.19. The van der Waals surface area contributed by atoms with Crippen LogP contribution in [-0.4, -0.2) is 26.5 Å². The first-order chi connectivity index (χ1) is 14.4. The van der Waals surface area contributed by atoms with E-state index < -0.39 is 5.25 Å². The molecule has 1 atom stereocenters. The summed E-state index contributed by atoms with van der Waals surface area (Å²) in [5.41, 5.74) is 1.76. The minimum Gasteiger partial charge on any atom is -0.325 e. The van der Waals surface area contributed by atoms with E-state index in [-0.39, 0.29) is 17.2 Å². The molecule has 1 amide bonds. The maximum Gasteiger partial charge on any atom is 0.262 e. The van der Waals surface area contributed by atoms with Gasteiger partial charge in [-0.1, -0.05) is 37.2 Å². The van der Waals surface area contributed by atoms with E-state index in [1.54, 1.807) is 41.8 Å². The number of nitrogens with zero attached hydrogens (tertiary/aromatic N) is 2. The second-order valence-electron chi connectivity index (χ2n) is 7.10. The molecule has 156 valence electrons. The SMILES string of the molecule is CCCCn1c(S[C@@H](C)C(=O)Nc2ccc(C(C)=O)cc2)nc2ccccc2c1=O. The molecule has 0 spiro atoms. The molecule has 6 nitrogen and oxygen atoms in total. The molecule has 0 aliphatic heterocycles. The number of aromatic nitrogens is 2. The highest BCUT2D eigenvalue weighted by atomic mass is 32.2. The van der Waals surface area contributed by atoms with Crippen LogP contribution in [0.3, 0.4) is 0 Å². The molecule has 30 heavy (non-hydrogen) atoms. The summed E-state index contributed by atoms with van der Waals surface area (Å²) in [6.07, 6.45) is 1.81. The van der Waals surface area contributed by atoms with E-state index >= 15 is 0 Å². The van der Waals surface area contributed by atoms with Crippen molar-refractivity contribution in [1.82, 2.24) is 9.55 Å². The average Bonchev–Trinajstić information content (AvgIpc) is 2.74. The summed E-state index contributed by atoms with van der Waals surface area (Å²) in [5, 5.41) is 3.52. The molecular formula is C23H25N3O3S. The number of amides is 1. The van der Waals surface area contributed by atoms with E-state index in [4.69, 9.17) is 0 Å². The Morgan fingerprint density at radius 2 is 1.83 bits per heavy atom. The van der Waals surface area contributed by atoms with Crippen molar-refractivity contribution < 1.29 is 9.59 Å². The number of anilines is 1. The minimum atomic E-state index is -0.460. The third-order valence-corrected chi connectivity index (χ3v) is 5.86. The van der Waals surface area contributed by atoms with Crippen molar-refractivity contribution in [2.24, 2.45) is 0 Å². The van der Waals surface area contributed by atoms with E-state index in [0.717, 1.165) is 12.8 Å². The average molecular weight is 424 g/mol. The van der Waals surface area contributed by atoms with Gasteiger partial charge >= 0.3 is 0 Å². The third-order valence-electron chi connectivity index (χ3n) is 4.77. The van der Waals surface area contributed by atoms with Crippen molar-refractivity contribution >= 4 is 40.0 Å². The van der Waals surface area contributed by atoms with Gasteiger partial charge in [0.25, 0.3) is 5.56 Å². The van der Waals surface area contributed by atoms with Crippen LogP contribution in [0.1, 0.15) is 44.0 Å². The van der Waals surface area contributed by atoms with Crippen LogP contribution in [0.15, 0.2) is 58.5 Å². The summed E-state index contributed by atoms with van der Waals surface area (Å²) < 4.78 is 1.67. The molecule has 0 unspecified atom stereocenters. The first-order valence-corrected chi connectivity index (χ1v) is 10.9. The van der Waals surface area contributed by atoms with Crippen molar-refractivity contribution in [2.45, 2.75) is 50.6 Å². The fourth-order valence-corrected chi connectivity index (χ4v) is 3.93. The lowest BCUT2D eigenvalue weighted by Crippen LogP contribution is -2.27. The molecule has 7 heteroatoms. The number of hydrogen-bond acceptors (Lipinski definition) is 5. The van der Waals surface area contributed by atoms with Gasteiger partial charge in [0, 0.05) is 17.8 Å². The monoisotopic (exact) mass is 423 g/mol. The van der Waals surface area contributed by atoms with Crippen molar-refractivity contribution in [3.8, 4) is 0 Å². The second-order valence-corrected chi connectivity index (χ2v) is 8.41. The molecule has 0 saturated heterocycles. The molecule has 0 aliphatic rings. The zero-order valence-electron chi connectivity index (χ0n) is 17.3. The number of ketones is 1. The predicted molar refractivity (Wildman–Crippen MR) is 121 cm³/mol. The molecule has 0 radical (unpaired) electrons. The van der Waals surface area contributed by atoms with Gasteiger partial charge in [-0.2, -0.15) is 0 Å². The zero-order chi connectivity index (χ0) is 21.7. The van der Waals surface area contributed by atoms with Gasteiger partial charge < -0.3 is 5.32 Å². The van der Waals surface area contributed by atoms with Crippen molar-refractivity contribution in [3.63, 3.8) is 0 Å². The highest BCUT2D eigenvalue weighted by Crippen LogP contribution is 2.24. The van der Waals surface area contributed by atoms with Gasteiger partial charge in [-0.05, 0) is 56.7 Å². The van der Waals surface area contributed by atoms with Crippen LogP contribution in [-0.2, 0) is 11.3 Å². The Bertz CT molecular complexity index is 1120. The Morgan fingerprint density at radius 1 is 1.13 bits per heavy atom. The van der Waals surface area contributed by atoms with Crippen LogP contribution >= 0.6 is 11.8 Å². The summed E-state index contributed by atoms with van der Waals surface area (Å²) in [6.45, 7) is 5.92. The summed E-state index contributed by atoms with van der Waals surface area (Å²) >= 11 is 1.27. The zero-order valence-corrected chi connectivity index (χ0v) is 18.2. The lowest BCUT2D eigenvalue weighted by Gasteiger charge is -2.16. The molecule has 0 saturated carbocycles. The second kappa shape index (κ2) is 9.71. The lowest BCUT2D eigenvalue weighted by atomic mass is 10.1. The van der Waals surface area contributed by atoms with E-state index in [1.165, 1.54) is 18.7 Å². The number of unbranched alkanes of at least 4 members (excludes halogenated alkanes) is 1. The number of thioether (sulfide) groups is 1. The van der Waals surface area contributed by atoms with Crippen molar-refractivity contribution in [3.05, 3.63) is 64.4 Å². The topological polar surface area (TPSA) is 81.1 Å². The maximum absolute atomic E-state index is 13.0. The number of nitrogens with one attached hydrogen (secondary N) is 1. The Morgan fingerprint density at radius 3 is 2.50 bits per heavy atom. The van der Waals surface area contributed by atoms with Gasteiger partial charge in [-0.25, -0.2) is 4.98 Å². The minimum absolute atomic E-state index is 0.0239. The maximum atomic E-state index is 13.0. The Balaban J connectivity index is 1.82. The lowest BCUT2D eigenvalue weighted by molar-refractivity contribution is -0.115. The van der Waals surface area contributed by atoms with Crippen LogP contribution in [0.5, 0.6) is 0 Å². The van der Waals surface area contributed by atoms with Gasteiger partial charge in [0.05, 0.1) is 16.2 Å². The van der Waals surface area contributed by atoms with Gasteiger partial charge in [0.2, 0.25) is 5.91 Å². The molecule has 3 rings (SSSR count). The fraction of sp³-hybridized carbons (Fsp3) is 0.304. The summed E-state index contributed by atoms with van der Waals surface area (Å²) in [5.74, 6) is -0.218. The number of carbonyl (C=O) groups excluding carboxylic acids is 2. The van der Waals surface area contributed by atoms with E-state index in [2.05, 4.69) is 17.2 Å².